The van der Waals surface area contributed by atoms with Crippen molar-refractivity contribution in [1.29, 1.82) is 5.26 Å². The lowest BCUT2D eigenvalue weighted by atomic mass is 9.97. The number of aromatic amines is 1. The van der Waals surface area contributed by atoms with Crippen LogP contribution in [0.25, 0.3) is 22.3 Å². The largest absolute Gasteiger partial charge is 0.507 e. The molecule has 5 nitrogen and oxygen atoms in total. The molecule has 0 amide bonds. The fourth-order valence-corrected chi connectivity index (χ4v) is 2.69. The van der Waals surface area contributed by atoms with Crippen LogP contribution in [0.2, 0.25) is 0 Å². The molecular weight excluding hydrogens is 316 g/mol. The van der Waals surface area contributed by atoms with E-state index in [0.29, 0.717) is 17.5 Å². The number of aryl methyl sites for hydroxylation is 1. The fourth-order valence-electron chi connectivity index (χ4n) is 2.69. The van der Waals surface area contributed by atoms with Crippen LogP contribution in [-0.4, -0.2) is 16.4 Å². The average molecular weight is 330 g/mol. The molecule has 0 aliphatic rings. The molecule has 0 saturated heterocycles. The number of hydrogen-bond donors (Lipinski definition) is 2. The molecule has 122 valence electrons. The molecule has 1 aromatic heterocycles. The van der Waals surface area contributed by atoms with Gasteiger partial charge in [0, 0.05) is 11.3 Å². The number of carbonyl (C=O) groups is 1. The number of nitrogens with zero attached hydrogens (tertiary/aromatic N) is 1. The summed E-state index contributed by atoms with van der Waals surface area (Å²) in [5.74, 6) is -0.0754. The third-order valence-electron chi connectivity index (χ3n) is 3.97. The van der Waals surface area contributed by atoms with Gasteiger partial charge in [0.25, 0.3) is 5.56 Å². The van der Waals surface area contributed by atoms with Crippen molar-refractivity contribution in [2.45, 2.75) is 6.92 Å². The van der Waals surface area contributed by atoms with Crippen molar-refractivity contribution < 1.29 is 9.90 Å². The number of carbonyl (C=O) groups excluding carboxylic acids is 1. The molecule has 5 heteroatoms. The number of phenolic OH excluding ortho intramolecular Hbond substituents is 1. The van der Waals surface area contributed by atoms with E-state index in [4.69, 9.17) is 0 Å². The molecule has 0 radical (unpaired) electrons. The molecule has 0 aliphatic carbocycles. The van der Waals surface area contributed by atoms with E-state index in [0.717, 1.165) is 16.7 Å². The number of hydrogen-bond acceptors (Lipinski definition) is 4. The summed E-state index contributed by atoms with van der Waals surface area (Å²) in [4.78, 5) is 25.3. The zero-order chi connectivity index (χ0) is 18.0. The van der Waals surface area contributed by atoms with Gasteiger partial charge in [-0.15, -0.1) is 0 Å². The van der Waals surface area contributed by atoms with Crippen molar-refractivity contribution in [2.75, 3.05) is 0 Å². The SMILES string of the molecule is Cc1cc(-c2ccc(-c3ccc(C=O)c(O)c3)cc2)c(C#N)c(=O)[nH]1. The van der Waals surface area contributed by atoms with Gasteiger partial charge in [-0.1, -0.05) is 30.3 Å². The van der Waals surface area contributed by atoms with Crippen LogP contribution in [0.3, 0.4) is 0 Å². The predicted molar refractivity (Wildman–Crippen MR) is 94.4 cm³/mol. The van der Waals surface area contributed by atoms with Gasteiger partial charge in [-0.3, -0.25) is 9.59 Å². The van der Waals surface area contributed by atoms with Gasteiger partial charge in [0.15, 0.2) is 6.29 Å². The minimum atomic E-state index is -0.407. The number of nitrogens with one attached hydrogen (secondary N) is 1. The number of aldehydes is 1. The van der Waals surface area contributed by atoms with Crippen molar-refractivity contribution in [2.24, 2.45) is 0 Å². The van der Waals surface area contributed by atoms with Gasteiger partial charge in [0.05, 0.1) is 5.56 Å². The quantitative estimate of drug-likeness (QED) is 0.720. The normalized spacial score (nSPS) is 10.2. The van der Waals surface area contributed by atoms with Crippen LogP contribution in [0.4, 0.5) is 0 Å². The molecule has 3 rings (SSSR count). The number of nitriles is 1. The Morgan fingerprint density at radius 3 is 2.28 bits per heavy atom. The molecule has 0 saturated carbocycles. The van der Waals surface area contributed by atoms with E-state index in [1.54, 1.807) is 25.1 Å². The Kier molecular flexibility index (Phi) is 4.19. The van der Waals surface area contributed by atoms with Gasteiger partial charge < -0.3 is 10.1 Å². The maximum Gasteiger partial charge on any atom is 0.266 e. The van der Waals surface area contributed by atoms with Gasteiger partial charge in [0.1, 0.15) is 17.4 Å². The van der Waals surface area contributed by atoms with E-state index >= 15 is 0 Å². The van der Waals surface area contributed by atoms with Gasteiger partial charge in [-0.05, 0) is 41.8 Å². The lowest BCUT2D eigenvalue weighted by Gasteiger charge is -2.08. The molecule has 0 atom stereocenters. The standard InChI is InChI=1S/C20H14N2O3/c1-12-8-17(18(10-21)20(25)22-12)14-4-2-13(3-5-14)15-6-7-16(11-23)19(24)9-15/h2-9,11,24H,1H3,(H,22,25). The highest BCUT2D eigenvalue weighted by atomic mass is 16.3. The zero-order valence-corrected chi connectivity index (χ0v) is 13.4. The number of pyridine rings is 1. The third kappa shape index (κ3) is 3.06. The molecule has 2 N–H and O–H groups in total. The molecule has 2 aromatic carbocycles. The highest BCUT2D eigenvalue weighted by Crippen LogP contribution is 2.29. The fraction of sp³-hybridized carbons (Fsp3) is 0.0500. The summed E-state index contributed by atoms with van der Waals surface area (Å²) in [6.07, 6.45) is 0.598. The second-order valence-corrected chi connectivity index (χ2v) is 5.65. The molecule has 0 fully saturated rings. The molecular formula is C20H14N2O3. The first-order chi connectivity index (χ1) is 12.0. The zero-order valence-electron chi connectivity index (χ0n) is 13.4. The van der Waals surface area contributed by atoms with E-state index in [2.05, 4.69) is 4.98 Å². The van der Waals surface area contributed by atoms with Crippen molar-refractivity contribution in [3.63, 3.8) is 0 Å². The molecule has 3 aromatic rings. The molecule has 0 unspecified atom stereocenters. The van der Waals surface area contributed by atoms with Crippen molar-refractivity contribution >= 4 is 6.29 Å². The lowest BCUT2D eigenvalue weighted by molar-refractivity contribution is 0.112. The second-order valence-electron chi connectivity index (χ2n) is 5.65. The average Bonchev–Trinajstić information content (AvgIpc) is 2.61. The number of phenols is 1. The topological polar surface area (TPSA) is 93.9 Å². The van der Waals surface area contributed by atoms with E-state index in [1.165, 1.54) is 6.07 Å². The van der Waals surface area contributed by atoms with Crippen LogP contribution in [0, 0.1) is 18.3 Å². The monoisotopic (exact) mass is 330 g/mol. The van der Waals surface area contributed by atoms with E-state index in [9.17, 15) is 20.0 Å². The Balaban J connectivity index is 2.04. The first-order valence-electron chi connectivity index (χ1n) is 7.56. The summed E-state index contributed by atoms with van der Waals surface area (Å²) in [5.41, 5.74) is 3.52. The second kappa shape index (κ2) is 6.46. The first-order valence-corrected chi connectivity index (χ1v) is 7.56. The Labute approximate surface area is 143 Å². The summed E-state index contributed by atoms with van der Waals surface area (Å²) >= 11 is 0. The summed E-state index contributed by atoms with van der Waals surface area (Å²) in [6, 6.07) is 15.8. The van der Waals surface area contributed by atoms with Gasteiger partial charge >= 0.3 is 0 Å². The first kappa shape index (κ1) is 16.2. The molecule has 0 bridgehead atoms. The highest BCUT2D eigenvalue weighted by molar-refractivity contribution is 5.82. The summed E-state index contributed by atoms with van der Waals surface area (Å²) in [6.45, 7) is 1.76. The molecule has 0 aliphatic heterocycles. The molecule has 0 spiro atoms. The number of aromatic nitrogens is 1. The third-order valence-corrected chi connectivity index (χ3v) is 3.97. The van der Waals surface area contributed by atoms with Crippen LogP contribution in [0.1, 0.15) is 21.6 Å². The van der Waals surface area contributed by atoms with E-state index < -0.39 is 5.56 Å². The van der Waals surface area contributed by atoms with Crippen molar-refractivity contribution in [1.82, 2.24) is 4.98 Å². The van der Waals surface area contributed by atoms with E-state index in [1.807, 2.05) is 30.3 Å². The van der Waals surface area contributed by atoms with Gasteiger partial charge in [0.2, 0.25) is 0 Å². The minimum absolute atomic E-state index is 0.0753. The van der Waals surface area contributed by atoms with Crippen LogP contribution >= 0.6 is 0 Å². The maximum absolute atomic E-state index is 11.9. The number of aromatic hydroxyl groups is 1. The predicted octanol–water partition coefficient (Wildman–Crippen LogP) is 3.41. The summed E-state index contributed by atoms with van der Waals surface area (Å²) < 4.78 is 0. The molecule has 25 heavy (non-hydrogen) atoms. The Bertz CT molecular complexity index is 1060. The van der Waals surface area contributed by atoms with Crippen molar-refractivity contribution in [3.8, 4) is 34.1 Å². The molecule has 1 heterocycles. The highest BCUT2D eigenvalue weighted by Gasteiger charge is 2.11. The van der Waals surface area contributed by atoms with Crippen LogP contribution in [-0.2, 0) is 0 Å². The smallest absolute Gasteiger partial charge is 0.266 e. The summed E-state index contributed by atoms with van der Waals surface area (Å²) in [7, 11) is 0. The summed E-state index contributed by atoms with van der Waals surface area (Å²) in [5, 5.41) is 19.0. The van der Waals surface area contributed by atoms with Crippen LogP contribution in [0.5, 0.6) is 5.75 Å². The van der Waals surface area contributed by atoms with Crippen LogP contribution in [0.15, 0.2) is 53.3 Å². The number of rotatable bonds is 3. The Morgan fingerprint density at radius 2 is 1.68 bits per heavy atom. The number of benzene rings is 2. The van der Waals surface area contributed by atoms with Crippen molar-refractivity contribution in [3.05, 3.63) is 75.7 Å². The van der Waals surface area contributed by atoms with E-state index in [-0.39, 0.29) is 16.9 Å². The number of H-pyrrole nitrogens is 1. The maximum atomic E-state index is 11.9. The van der Waals surface area contributed by atoms with Gasteiger partial charge in [-0.25, -0.2) is 0 Å². The van der Waals surface area contributed by atoms with Crippen LogP contribution < -0.4 is 5.56 Å². The Hall–Kier alpha value is -3.65. The van der Waals surface area contributed by atoms with Gasteiger partial charge in [-0.2, -0.15) is 5.26 Å². The minimum Gasteiger partial charge on any atom is -0.507 e. The Morgan fingerprint density at radius 1 is 1.04 bits per heavy atom. The lowest BCUT2D eigenvalue weighted by Crippen LogP contribution is -2.12.